The number of rotatable bonds is 3. The molecular weight excluding hydrogens is 252 g/mol. The average Bonchev–Trinajstić information content (AvgIpc) is 2.48. The van der Waals surface area contributed by atoms with Crippen LogP contribution in [0.25, 0.3) is 10.8 Å². The SMILES string of the molecule is NC(=O)c1cccc2ccnc(Cc3ncccn3)c12. The predicted octanol–water partition coefficient (Wildman–Crippen LogP) is 1.71. The van der Waals surface area contributed by atoms with Crippen LogP contribution >= 0.6 is 0 Å². The summed E-state index contributed by atoms with van der Waals surface area (Å²) in [6.07, 6.45) is 5.54. The van der Waals surface area contributed by atoms with Crippen LogP contribution < -0.4 is 5.73 Å². The Morgan fingerprint density at radius 2 is 1.80 bits per heavy atom. The maximum atomic E-state index is 11.6. The minimum atomic E-state index is -0.459. The molecule has 2 N–H and O–H groups in total. The first-order valence-corrected chi connectivity index (χ1v) is 6.18. The van der Waals surface area contributed by atoms with Gasteiger partial charge in [0.25, 0.3) is 0 Å². The quantitative estimate of drug-likeness (QED) is 0.780. The van der Waals surface area contributed by atoms with Crippen LogP contribution in [0.2, 0.25) is 0 Å². The summed E-state index contributed by atoms with van der Waals surface area (Å²) >= 11 is 0. The molecule has 1 amide bonds. The van der Waals surface area contributed by atoms with Gasteiger partial charge >= 0.3 is 0 Å². The second-order valence-corrected chi connectivity index (χ2v) is 4.37. The first-order valence-electron chi connectivity index (χ1n) is 6.18. The van der Waals surface area contributed by atoms with Crippen molar-refractivity contribution < 1.29 is 4.79 Å². The summed E-state index contributed by atoms with van der Waals surface area (Å²) in [6.45, 7) is 0. The summed E-state index contributed by atoms with van der Waals surface area (Å²) in [5.41, 5.74) is 6.67. The maximum Gasteiger partial charge on any atom is 0.249 e. The number of amides is 1. The molecule has 3 aromatic rings. The molecular formula is C15H12N4O. The van der Waals surface area contributed by atoms with E-state index in [9.17, 15) is 4.79 Å². The number of hydrogen-bond acceptors (Lipinski definition) is 4. The number of fused-ring (bicyclic) bond motifs is 1. The van der Waals surface area contributed by atoms with Gasteiger partial charge in [-0.15, -0.1) is 0 Å². The Labute approximate surface area is 115 Å². The van der Waals surface area contributed by atoms with E-state index in [0.717, 1.165) is 16.5 Å². The molecule has 0 bridgehead atoms. The van der Waals surface area contributed by atoms with Crippen molar-refractivity contribution in [3.8, 4) is 0 Å². The summed E-state index contributed by atoms with van der Waals surface area (Å²) in [6, 6.07) is 9.07. The third-order valence-electron chi connectivity index (χ3n) is 3.08. The molecule has 0 unspecified atom stereocenters. The monoisotopic (exact) mass is 264 g/mol. The fourth-order valence-electron chi connectivity index (χ4n) is 2.21. The van der Waals surface area contributed by atoms with Gasteiger partial charge in [0, 0.05) is 29.5 Å². The summed E-state index contributed by atoms with van der Waals surface area (Å²) in [5.74, 6) is 0.200. The molecule has 0 atom stereocenters. The van der Waals surface area contributed by atoms with Crippen LogP contribution in [0.1, 0.15) is 21.9 Å². The molecule has 0 radical (unpaired) electrons. The van der Waals surface area contributed by atoms with Gasteiger partial charge in [-0.25, -0.2) is 9.97 Å². The lowest BCUT2D eigenvalue weighted by Gasteiger charge is -2.08. The Morgan fingerprint density at radius 3 is 2.55 bits per heavy atom. The van der Waals surface area contributed by atoms with Crippen LogP contribution in [0.15, 0.2) is 48.9 Å². The van der Waals surface area contributed by atoms with Crippen LogP contribution in [0.5, 0.6) is 0 Å². The number of primary amides is 1. The van der Waals surface area contributed by atoms with E-state index in [4.69, 9.17) is 5.73 Å². The van der Waals surface area contributed by atoms with Gasteiger partial charge in [0.2, 0.25) is 5.91 Å². The van der Waals surface area contributed by atoms with Crippen molar-refractivity contribution in [3.05, 3.63) is 66.0 Å². The number of benzene rings is 1. The highest BCUT2D eigenvalue weighted by Crippen LogP contribution is 2.22. The summed E-state index contributed by atoms with van der Waals surface area (Å²) in [7, 11) is 0. The Kier molecular flexibility index (Phi) is 3.09. The molecule has 0 saturated carbocycles. The van der Waals surface area contributed by atoms with Crippen LogP contribution in [-0.2, 0) is 6.42 Å². The Balaban J connectivity index is 2.18. The fraction of sp³-hybridized carbons (Fsp3) is 0.0667. The average molecular weight is 264 g/mol. The number of pyridine rings is 1. The normalized spacial score (nSPS) is 10.6. The second kappa shape index (κ2) is 5.05. The second-order valence-electron chi connectivity index (χ2n) is 4.37. The van der Waals surface area contributed by atoms with Crippen molar-refractivity contribution in [1.29, 1.82) is 0 Å². The standard InChI is InChI=1S/C15H12N4O/c16-15(20)11-4-1-3-10-5-8-17-12(14(10)11)9-13-18-6-2-7-19-13/h1-8H,9H2,(H2,16,20). The van der Waals surface area contributed by atoms with Gasteiger partial charge in [-0.3, -0.25) is 9.78 Å². The van der Waals surface area contributed by atoms with Crippen LogP contribution in [0.3, 0.4) is 0 Å². The number of carbonyl (C=O) groups excluding carboxylic acids is 1. The van der Waals surface area contributed by atoms with Crippen molar-refractivity contribution in [2.75, 3.05) is 0 Å². The molecule has 20 heavy (non-hydrogen) atoms. The number of hydrogen-bond donors (Lipinski definition) is 1. The van der Waals surface area contributed by atoms with E-state index in [2.05, 4.69) is 15.0 Å². The lowest BCUT2D eigenvalue weighted by Crippen LogP contribution is -2.12. The first-order chi connectivity index (χ1) is 9.75. The number of nitrogens with two attached hydrogens (primary N) is 1. The highest BCUT2D eigenvalue weighted by molar-refractivity contribution is 6.07. The predicted molar refractivity (Wildman–Crippen MR) is 75.1 cm³/mol. The highest BCUT2D eigenvalue weighted by Gasteiger charge is 2.12. The molecule has 0 saturated heterocycles. The van der Waals surface area contributed by atoms with E-state index in [-0.39, 0.29) is 0 Å². The molecule has 5 heteroatoms. The largest absolute Gasteiger partial charge is 0.366 e. The van der Waals surface area contributed by atoms with Crippen molar-refractivity contribution in [1.82, 2.24) is 15.0 Å². The van der Waals surface area contributed by atoms with Gasteiger partial charge in [-0.05, 0) is 23.6 Å². The molecule has 0 spiro atoms. The van der Waals surface area contributed by atoms with E-state index in [1.54, 1.807) is 30.7 Å². The molecule has 0 aliphatic carbocycles. The molecule has 1 aromatic carbocycles. The molecule has 98 valence electrons. The van der Waals surface area contributed by atoms with Crippen LogP contribution in [0, 0.1) is 0 Å². The molecule has 2 aromatic heterocycles. The zero-order chi connectivity index (χ0) is 13.9. The minimum Gasteiger partial charge on any atom is -0.366 e. The number of nitrogens with zero attached hydrogens (tertiary/aromatic N) is 3. The van der Waals surface area contributed by atoms with Gasteiger partial charge in [-0.2, -0.15) is 0 Å². The minimum absolute atomic E-state index is 0.459. The lowest BCUT2D eigenvalue weighted by atomic mass is 10.0. The molecule has 5 nitrogen and oxygen atoms in total. The highest BCUT2D eigenvalue weighted by atomic mass is 16.1. The molecule has 0 fully saturated rings. The molecule has 0 aliphatic rings. The Hall–Kier alpha value is -2.82. The lowest BCUT2D eigenvalue weighted by molar-refractivity contribution is 0.100. The smallest absolute Gasteiger partial charge is 0.249 e. The van der Waals surface area contributed by atoms with Crippen LogP contribution in [0.4, 0.5) is 0 Å². The van der Waals surface area contributed by atoms with Crippen molar-refractivity contribution in [2.24, 2.45) is 5.73 Å². The van der Waals surface area contributed by atoms with E-state index in [0.29, 0.717) is 17.8 Å². The van der Waals surface area contributed by atoms with E-state index in [1.807, 2.05) is 18.2 Å². The summed E-state index contributed by atoms with van der Waals surface area (Å²) in [5, 5.41) is 1.71. The van der Waals surface area contributed by atoms with Gasteiger partial charge in [0.15, 0.2) is 0 Å². The number of carbonyl (C=O) groups is 1. The van der Waals surface area contributed by atoms with E-state index < -0.39 is 5.91 Å². The topological polar surface area (TPSA) is 81.8 Å². The third-order valence-corrected chi connectivity index (χ3v) is 3.08. The van der Waals surface area contributed by atoms with Crippen molar-refractivity contribution in [2.45, 2.75) is 6.42 Å². The van der Waals surface area contributed by atoms with Gasteiger partial charge < -0.3 is 5.73 Å². The fourth-order valence-corrected chi connectivity index (χ4v) is 2.21. The van der Waals surface area contributed by atoms with E-state index in [1.165, 1.54) is 0 Å². The summed E-state index contributed by atoms with van der Waals surface area (Å²) < 4.78 is 0. The van der Waals surface area contributed by atoms with Gasteiger partial charge in [-0.1, -0.05) is 12.1 Å². The summed E-state index contributed by atoms with van der Waals surface area (Å²) in [4.78, 5) is 24.3. The van der Waals surface area contributed by atoms with Gasteiger partial charge in [0.05, 0.1) is 12.1 Å². The van der Waals surface area contributed by atoms with E-state index >= 15 is 0 Å². The van der Waals surface area contributed by atoms with Crippen molar-refractivity contribution in [3.63, 3.8) is 0 Å². The van der Waals surface area contributed by atoms with Gasteiger partial charge in [0.1, 0.15) is 5.82 Å². The molecule has 2 heterocycles. The zero-order valence-corrected chi connectivity index (χ0v) is 10.7. The molecule has 0 aliphatic heterocycles. The maximum absolute atomic E-state index is 11.6. The zero-order valence-electron chi connectivity index (χ0n) is 10.7. The third kappa shape index (κ3) is 2.21. The Morgan fingerprint density at radius 1 is 1.00 bits per heavy atom. The van der Waals surface area contributed by atoms with Crippen LogP contribution in [-0.4, -0.2) is 20.9 Å². The first kappa shape index (κ1) is 12.2. The Bertz CT molecular complexity index is 766. The molecule has 3 rings (SSSR count). The van der Waals surface area contributed by atoms with Crippen molar-refractivity contribution >= 4 is 16.7 Å². The number of aromatic nitrogens is 3.